The van der Waals surface area contributed by atoms with Crippen LogP contribution in [-0.2, 0) is 10.0 Å². The summed E-state index contributed by atoms with van der Waals surface area (Å²) in [4.78, 5) is 10.4. The van der Waals surface area contributed by atoms with E-state index in [9.17, 15) is 18.5 Å². The summed E-state index contributed by atoms with van der Waals surface area (Å²) < 4.78 is 28.2. The van der Waals surface area contributed by atoms with Crippen LogP contribution in [0.5, 0.6) is 0 Å². The third kappa shape index (κ3) is 4.03. The maximum Gasteiger partial charge on any atom is 0.269 e. The molecule has 1 aliphatic heterocycles. The number of non-ortho nitro benzene ring substituents is 1. The average Bonchev–Trinajstić information content (AvgIpc) is 2.80. The Morgan fingerprint density at radius 2 is 1.47 bits per heavy atom. The molecule has 0 N–H and O–H groups in total. The summed E-state index contributed by atoms with van der Waals surface area (Å²) in [5.74, 6) is -0.0945. The van der Waals surface area contributed by atoms with Gasteiger partial charge in [0.15, 0.2) is 0 Å². The van der Waals surface area contributed by atoms with Crippen LogP contribution in [0.2, 0.25) is 0 Å². The molecule has 0 aliphatic carbocycles. The first-order valence-corrected chi connectivity index (χ1v) is 10.9. The monoisotopic (exact) mass is 420 g/mol. The number of nitro benzene ring substituents is 1. The predicted molar refractivity (Wildman–Crippen MR) is 115 cm³/mol. The fraction of sp³-hybridized carbons (Fsp3) is 0.130. The highest BCUT2D eigenvalue weighted by Gasteiger charge is 2.32. The maximum atomic E-state index is 13.4. The van der Waals surface area contributed by atoms with Gasteiger partial charge in [0, 0.05) is 31.1 Å². The van der Waals surface area contributed by atoms with Gasteiger partial charge in [0.05, 0.1) is 9.82 Å². The summed E-state index contributed by atoms with van der Waals surface area (Å²) in [5, 5.41) is 10.9. The molecule has 30 heavy (non-hydrogen) atoms. The molecule has 7 heteroatoms. The van der Waals surface area contributed by atoms with Gasteiger partial charge in [-0.2, -0.15) is 4.31 Å². The minimum absolute atomic E-state index is 0.0502. The van der Waals surface area contributed by atoms with Crippen LogP contribution in [0.15, 0.2) is 95.9 Å². The summed E-state index contributed by atoms with van der Waals surface area (Å²) in [5.41, 5.74) is 2.80. The number of hydrogen-bond donors (Lipinski definition) is 0. The zero-order valence-corrected chi connectivity index (χ0v) is 16.9. The highest BCUT2D eigenvalue weighted by molar-refractivity contribution is 7.89. The minimum atomic E-state index is -3.82. The molecule has 1 unspecified atom stereocenters. The predicted octanol–water partition coefficient (Wildman–Crippen LogP) is 4.47. The van der Waals surface area contributed by atoms with Crippen molar-refractivity contribution in [1.82, 2.24) is 4.31 Å². The van der Waals surface area contributed by atoms with Crippen molar-refractivity contribution in [2.24, 2.45) is 0 Å². The zero-order valence-electron chi connectivity index (χ0n) is 16.1. The number of hydrogen-bond acceptors (Lipinski definition) is 4. The fourth-order valence-corrected chi connectivity index (χ4v) is 5.08. The van der Waals surface area contributed by atoms with Crippen molar-refractivity contribution in [1.29, 1.82) is 0 Å². The molecule has 3 aromatic rings. The van der Waals surface area contributed by atoms with Gasteiger partial charge in [-0.25, -0.2) is 8.42 Å². The Labute approximate surface area is 175 Å². The van der Waals surface area contributed by atoms with Crippen LogP contribution in [-0.4, -0.2) is 30.7 Å². The highest BCUT2D eigenvalue weighted by Crippen LogP contribution is 2.33. The lowest BCUT2D eigenvalue weighted by atomic mass is 9.91. The first kappa shape index (κ1) is 20.0. The van der Waals surface area contributed by atoms with Gasteiger partial charge in [0.25, 0.3) is 5.69 Å². The van der Waals surface area contributed by atoms with E-state index >= 15 is 0 Å². The van der Waals surface area contributed by atoms with Crippen molar-refractivity contribution in [3.8, 4) is 0 Å². The summed E-state index contributed by atoms with van der Waals surface area (Å²) in [6.45, 7) is 0.548. The Morgan fingerprint density at radius 1 is 0.867 bits per heavy atom. The lowest BCUT2D eigenvalue weighted by Gasteiger charge is -2.32. The van der Waals surface area contributed by atoms with E-state index < -0.39 is 14.9 Å². The Bertz CT molecular complexity index is 1170. The second kappa shape index (κ2) is 8.22. The molecule has 0 bridgehead atoms. The van der Waals surface area contributed by atoms with Gasteiger partial charge in [-0.15, -0.1) is 0 Å². The zero-order chi connectivity index (χ0) is 21.1. The van der Waals surface area contributed by atoms with Crippen molar-refractivity contribution in [3.05, 3.63) is 112 Å². The van der Waals surface area contributed by atoms with Gasteiger partial charge >= 0.3 is 0 Å². The van der Waals surface area contributed by atoms with E-state index in [1.54, 1.807) is 0 Å². The molecule has 0 saturated heterocycles. The molecule has 0 aromatic heterocycles. The molecular weight excluding hydrogens is 400 g/mol. The quantitative estimate of drug-likeness (QED) is 0.451. The van der Waals surface area contributed by atoms with Gasteiger partial charge in [0.1, 0.15) is 0 Å². The molecule has 6 nitrogen and oxygen atoms in total. The lowest BCUT2D eigenvalue weighted by Crippen LogP contribution is -2.38. The molecule has 1 heterocycles. The molecule has 3 aromatic carbocycles. The molecule has 1 aliphatic rings. The standard InChI is InChI=1S/C23H20N2O4S/c26-25(27)22-11-13-23(14-12-22)30(28,29)24-16-20(18-7-3-1-4-8-18)15-21(17-24)19-9-5-2-6-10-19/h1-15,20H,16-17H2. The molecular formula is C23H20N2O4S. The van der Waals surface area contributed by atoms with Crippen LogP contribution in [0.4, 0.5) is 5.69 Å². The van der Waals surface area contributed by atoms with E-state index in [-0.39, 0.29) is 23.0 Å². The van der Waals surface area contributed by atoms with Crippen molar-refractivity contribution in [3.63, 3.8) is 0 Å². The van der Waals surface area contributed by atoms with Crippen molar-refractivity contribution in [2.75, 3.05) is 13.1 Å². The molecule has 0 radical (unpaired) electrons. The van der Waals surface area contributed by atoms with Gasteiger partial charge < -0.3 is 0 Å². The molecule has 0 spiro atoms. The minimum Gasteiger partial charge on any atom is -0.258 e. The van der Waals surface area contributed by atoms with Crippen LogP contribution >= 0.6 is 0 Å². The van der Waals surface area contributed by atoms with Crippen LogP contribution in [0.25, 0.3) is 5.57 Å². The first-order chi connectivity index (χ1) is 14.4. The van der Waals surface area contributed by atoms with E-state index in [1.165, 1.54) is 28.6 Å². The van der Waals surface area contributed by atoms with Gasteiger partial charge in [-0.05, 0) is 28.8 Å². The highest BCUT2D eigenvalue weighted by atomic mass is 32.2. The van der Waals surface area contributed by atoms with E-state index in [2.05, 4.69) is 6.08 Å². The van der Waals surface area contributed by atoms with Gasteiger partial charge in [-0.3, -0.25) is 10.1 Å². The molecule has 0 amide bonds. The molecule has 0 saturated carbocycles. The first-order valence-electron chi connectivity index (χ1n) is 9.51. The topological polar surface area (TPSA) is 80.5 Å². The summed E-state index contributed by atoms with van der Waals surface area (Å²) >= 11 is 0. The van der Waals surface area contributed by atoms with E-state index in [4.69, 9.17) is 0 Å². The van der Waals surface area contributed by atoms with E-state index in [0.717, 1.165) is 16.7 Å². The lowest BCUT2D eigenvalue weighted by molar-refractivity contribution is -0.384. The summed E-state index contributed by atoms with van der Waals surface area (Å²) in [6, 6.07) is 24.5. The largest absolute Gasteiger partial charge is 0.269 e. The van der Waals surface area contributed by atoms with Crippen molar-refractivity contribution in [2.45, 2.75) is 10.8 Å². The third-order valence-corrected chi connectivity index (χ3v) is 7.03. The Balaban J connectivity index is 1.72. The van der Waals surface area contributed by atoms with Crippen LogP contribution in [0.1, 0.15) is 17.0 Å². The summed E-state index contributed by atoms with van der Waals surface area (Å²) in [7, 11) is -3.82. The van der Waals surface area contributed by atoms with Crippen LogP contribution < -0.4 is 0 Å². The number of benzene rings is 3. The normalized spacial score (nSPS) is 17.3. The Hall–Kier alpha value is -3.29. The number of nitro groups is 1. The second-order valence-electron chi connectivity index (χ2n) is 7.12. The van der Waals surface area contributed by atoms with Crippen molar-refractivity contribution < 1.29 is 13.3 Å². The van der Waals surface area contributed by atoms with Crippen LogP contribution in [0, 0.1) is 10.1 Å². The average molecular weight is 420 g/mol. The molecule has 4 rings (SSSR count). The van der Waals surface area contributed by atoms with E-state index in [1.807, 2.05) is 60.7 Å². The number of sulfonamides is 1. The molecule has 1 atom stereocenters. The SMILES string of the molecule is O=[N+]([O-])c1ccc(S(=O)(=O)N2CC(c3ccccc3)=CC(c3ccccc3)C2)cc1. The van der Waals surface area contributed by atoms with Crippen molar-refractivity contribution >= 4 is 21.3 Å². The Morgan fingerprint density at radius 3 is 2.07 bits per heavy atom. The fourth-order valence-electron chi connectivity index (χ4n) is 3.64. The number of rotatable bonds is 5. The maximum absolute atomic E-state index is 13.4. The Kier molecular flexibility index (Phi) is 5.48. The van der Waals surface area contributed by atoms with Gasteiger partial charge in [-0.1, -0.05) is 66.7 Å². The summed E-state index contributed by atoms with van der Waals surface area (Å²) in [6.07, 6.45) is 2.13. The molecule has 152 valence electrons. The smallest absolute Gasteiger partial charge is 0.258 e. The third-order valence-electron chi connectivity index (χ3n) is 5.21. The molecule has 0 fully saturated rings. The van der Waals surface area contributed by atoms with Gasteiger partial charge in [0.2, 0.25) is 10.0 Å². The number of nitrogens with zero attached hydrogens (tertiary/aromatic N) is 2. The van der Waals surface area contributed by atoms with Crippen LogP contribution in [0.3, 0.4) is 0 Å². The second-order valence-corrected chi connectivity index (χ2v) is 9.06. The van der Waals surface area contributed by atoms with E-state index in [0.29, 0.717) is 6.54 Å².